The minimum absolute atomic E-state index is 0.0475. The first-order valence-corrected chi connectivity index (χ1v) is 13.7. The molecule has 12 heteroatoms. The number of aliphatic imine (C=N–C) groups is 1. The lowest BCUT2D eigenvalue weighted by atomic mass is 9.83. The van der Waals surface area contributed by atoms with Crippen LogP contribution in [0.4, 0.5) is 0 Å². The largest absolute Gasteiger partial charge is 0.480 e. The Morgan fingerprint density at radius 1 is 1.29 bits per heavy atom. The molecule has 0 aromatic carbocycles. The molecule has 6 unspecified atom stereocenters. The van der Waals surface area contributed by atoms with Crippen LogP contribution in [0, 0.1) is 17.8 Å². The number of fused-ring (bicyclic) bond motifs is 1. The molecular weight excluding hydrogens is 472 g/mol. The zero-order valence-corrected chi connectivity index (χ0v) is 21.2. The standard InChI is InChI=1S/C23H38N6O5S/c1-14-8-10-29(18(12-14)22(31)32)21(30)17(6-4-9-26-23(24)25)28-35(33,34)19-7-3-5-16-11-15(2)13-27-20(16)19/h3,5,7,14-18,20,27-28H,4,6,8-13H2,1-2H3,(H,31,32)(H4,24,25,26). The van der Waals surface area contributed by atoms with Crippen LogP contribution in [0.25, 0.3) is 0 Å². The second-order valence-electron chi connectivity index (χ2n) is 9.98. The Balaban J connectivity index is 1.82. The van der Waals surface area contributed by atoms with Crippen molar-refractivity contribution < 1.29 is 23.1 Å². The van der Waals surface area contributed by atoms with E-state index in [2.05, 4.69) is 22.0 Å². The number of carboxylic acids is 1. The molecule has 0 spiro atoms. The minimum Gasteiger partial charge on any atom is -0.480 e. The summed E-state index contributed by atoms with van der Waals surface area (Å²) in [4.78, 5) is 30.8. The van der Waals surface area contributed by atoms with Gasteiger partial charge in [0, 0.05) is 13.1 Å². The van der Waals surface area contributed by atoms with Gasteiger partial charge in [-0.05, 0) is 62.5 Å². The Morgan fingerprint density at radius 2 is 2.03 bits per heavy atom. The molecule has 1 amide bonds. The lowest BCUT2D eigenvalue weighted by molar-refractivity contribution is -0.153. The van der Waals surface area contributed by atoms with E-state index in [0.717, 1.165) is 6.42 Å². The maximum Gasteiger partial charge on any atom is 0.326 e. The number of guanidine groups is 1. The zero-order valence-electron chi connectivity index (χ0n) is 20.4. The van der Waals surface area contributed by atoms with Crippen LogP contribution in [0.2, 0.25) is 0 Å². The summed E-state index contributed by atoms with van der Waals surface area (Å²) in [5.74, 6) is -1.08. The number of carbonyl (C=O) groups excluding carboxylic acids is 1. The Kier molecular flexibility index (Phi) is 8.94. The summed E-state index contributed by atoms with van der Waals surface area (Å²) < 4.78 is 29.6. The van der Waals surface area contributed by atoms with E-state index >= 15 is 0 Å². The van der Waals surface area contributed by atoms with Crippen molar-refractivity contribution in [2.45, 2.75) is 64.1 Å². The molecule has 2 aliphatic heterocycles. The summed E-state index contributed by atoms with van der Waals surface area (Å²) in [5.41, 5.74) is 10.8. The first-order chi connectivity index (χ1) is 16.5. The molecule has 3 rings (SSSR count). The van der Waals surface area contributed by atoms with Gasteiger partial charge >= 0.3 is 5.97 Å². The molecule has 1 aliphatic carbocycles. The van der Waals surface area contributed by atoms with Crippen LogP contribution in [0.3, 0.4) is 0 Å². The fourth-order valence-electron chi connectivity index (χ4n) is 5.15. The van der Waals surface area contributed by atoms with E-state index in [0.29, 0.717) is 31.7 Å². The molecule has 196 valence electrons. The highest BCUT2D eigenvalue weighted by Crippen LogP contribution is 2.32. The first kappa shape index (κ1) is 27.2. The summed E-state index contributed by atoms with van der Waals surface area (Å²) in [5, 5.41) is 13.0. The number of nitrogens with two attached hydrogens (primary N) is 2. The molecule has 2 saturated heterocycles. The van der Waals surface area contributed by atoms with Crippen molar-refractivity contribution in [1.82, 2.24) is 14.9 Å². The third-order valence-electron chi connectivity index (χ3n) is 7.00. The summed E-state index contributed by atoms with van der Waals surface area (Å²) in [6, 6.07) is -2.48. The number of amides is 1. The molecule has 11 nitrogen and oxygen atoms in total. The van der Waals surface area contributed by atoms with Gasteiger partial charge in [0.15, 0.2) is 5.96 Å². The number of likely N-dealkylation sites (tertiary alicyclic amines) is 1. The number of carbonyl (C=O) groups is 2. The van der Waals surface area contributed by atoms with Crippen molar-refractivity contribution >= 4 is 27.9 Å². The lowest BCUT2D eigenvalue weighted by Gasteiger charge is -2.39. The molecule has 2 fully saturated rings. The summed E-state index contributed by atoms with van der Waals surface area (Å²) >= 11 is 0. The van der Waals surface area contributed by atoms with E-state index < -0.39 is 34.0 Å². The maximum atomic E-state index is 13.5. The van der Waals surface area contributed by atoms with E-state index in [-0.39, 0.29) is 48.3 Å². The highest BCUT2D eigenvalue weighted by molar-refractivity contribution is 7.93. The SMILES string of the molecule is CC1CNC2C(S(=O)(=O)NC(CCCN=C(N)N)C(=O)N3CCC(C)CC3C(=O)O)=CC=CC2C1. The number of sulfonamides is 1. The number of aliphatic carboxylic acids is 1. The monoisotopic (exact) mass is 510 g/mol. The number of hydrogen-bond donors (Lipinski definition) is 5. The molecule has 0 saturated carbocycles. The molecule has 6 atom stereocenters. The Bertz CT molecular complexity index is 990. The topological polar surface area (TPSA) is 180 Å². The van der Waals surface area contributed by atoms with E-state index in [9.17, 15) is 23.1 Å². The van der Waals surface area contributed by atoms with Gasteiger partial charge < -0.3 is 26.8 Å². The van der Waals surface area contributed by atoms with Gasteiger partial charge in [0.1, 0.15) is 12.1 Å². The van der Waals surface area contributed by atoms with Crippen LogP contribution in [-0.2, 0) is 19.6 Å². The fourth-order valence-corrected chi connectivity index (χ4v) is 6.73. The Labute approximate surface area is 207 Å². The number of nitrogens with zero attached hydrogens (tertiary/aromatic N) is 2. The summed E-state index contributed by atoms with van der Waals surface area (Å²) in [7, 11) is -4.04. The number of allylic oxidation sites excluding steroid dienone is 2. The minimum atomic E-state index is -4.04. The molecule has 0 radical (unpaired) electrons. The number of carboxylic acid groups (broad SMARTS) is 1. The number of piperidine rings is 2. The molecule has 35 heavy (non-hydrogen) atoms. The van der Waals surface area contributed by atoms with Crippen LogP contribution in [0.1, 0.15) is 46.0 Å². The van der Waals surface area contributed by atoms with Crippen LogP contribution < -0.4 is 21.5 Å². The number of nitrogens with one attached hydrogen (secondary N) is 2. The molecule has 0 bridgehead atoms. The first-order valence-electron chi connectivity index (χ1n) is 12.2. The summed E-state index contributed by atoms with van der Waals surface area (Å²) in [6.45, 7) is 5.26. The third kappa shape index (κ3) is 6.83. The van der Waals surface area contributed by atoms with Gasteiger partial charge in [-0.15, -0.1) is 0 Å². The number of hydrogen-bond acceptors (Lipinski definition) is 6. The van der Waals surface area contributed by atoms with Gasteiger partial charge in [-0.25, -0.2) is 13.2 Å². The second-order valence-corrected chi connectivity index (χ2v) is 11.7. The van der Waals surface area contributed by atoms with E-state index in [1.54, 1.807) is 12.2 Å². The predicted octanol–water partition coefficient (Wildman–Crippen LogP) is 0.108. The van der Waals surface area contributed by atoms with Gasteiger partial charge in [0.2, 0.25) is 15.9 Å². The highest BCUT2D eigenvalue weighted by Gasteiger charge is 2.41. The molecule has 2 heterocycles. The van der Waals surface area contributed by atoms with Crippen LogP contribution in [-0.4, -0.2) is 74.0 Å². The zero-order chi connectivity index (χ0) is 25.8. The van der Waals surface area contributed by atoms with Gasteiger partial charge in [-0.3, -0.25) is 9.79 Å². The van der Waals surface area contributed by atoms with Crippen molar-refractivity contribution in [3.63, 3.8) is 0 Å². The Hall–Kier alpha value is -2.44. The molecule has 3 aliphatic rings. The number of rotatable bonds is 9. The van der Waals surface area contributed by atoms with Crippen LogP contribution >= 0.6 is 0 Å². The lowest BCUT2D eigenvalue weighted by Crippen LogP contribution is -2.57. The second kappa shape index (κ2) is 11.5. The molecule has 0 aromatic rings. The van der Waals surface area contributed by atoms with Gasteiger partial charge in [-0.1, -0.05) is 26.0 Å². The van der Waals surface area contributed by atoms with Gasteiger partial charge in [0.25, 0.3) is 0 Å². The van der Waals surface area contributed by atoms with Gasteiger partial charge in [0.05, 0.1) is 10.9 Å². The normalized spacial score (nSPS) is 29.6. The highest BCUT2D eigenvalue weighted by atomic mass is 32.2. The van der Waals surface area contributed by atoms with Crippen molar-refractivity contribution in [3.8, 4) is 0 Å². The van der Waals surface area contributed by atoms with Crippen LogP contribution in [0.5, 0.6) is 0 Å². The summed E-state index contributed by atoms with van der Waals surface area (Å²) in [6.07, 6.45) is 7.66. The Morgan fingerprint density at radius 3 is 2.71 bits per heavy atom. The van der Waals surface area contributed by atoms with E-state index in [1.165, 1.54) is 4.90 Å². The average molecular weight is 511 g/mol. The van der Waals surface area contributed by atoms with E-state index in [4.69, 9.17) is 11.5 Å². The molecular formula is C23H38N6O5S. The van der Waals surface area contributed by atoms with Crippen molar-refractivity contribution in [2.75, 3.05) is 19.6 Å². The van der Waals surface area contributed by atoms with Crippen molar-refractivity contribution in [2.24, 2.45) is 34.2 Å². The van der Waals surface area contributed by atoms with Crippen molar-refractivity contribution in [3.05, 3.63) is 23.1 Å². The van der Waals surface area contributed by atoms with Gasteiger partial charge in [-0.2, -0.15) is 4.72 Å². The molecule has 0 aromatic heterocycles. The quantitative estimate of drug-likeness (QED) is 0.165. The molecule has 7 N–H and O–H groups in total. The van der Waals surface area contributed by atoms with Crippen molar-refractivity contribution in [1.29, 1.82) is 0 Å². The smallest absolute Gasteiger partial charge is 0.326 e. The maximum absolute atomic E-state index is 13.5. The fraction of sp³-hybridized carbons (Fsp3) is 0.696. The average Bonchev–Trinajstić information content (AvgIpc) is 2.79. The third-order valence-corrected chi connectivity index (χ3v) is 8.60. The van der Waals surface area contributed by atoms with E-state index in [1.807, 2.05) is 13.0 Å². The van der Waals surface area contributed by atoms with Crippen LogP contribution in [0.15, 0.2) is 28.1 Å². The predicted molar refractivity (Wildman–Crippen MR) is 134 cm³/mol.